The maximum atomic E-state index is 12.5. The highest BCUT2D eigenvalue weighted by Crippen LogP contribution is 2.47. The highest BCUT2D eigenvalue weighted by molar-refractivity contribution is 7.98. The molecular weight excluding hydrogens is 388 g/mol. The number of ether oxygens (including phenoxy) is 2. The van der Waals surface area contributed by atoms with Crippen molar-refractivity contribution >= 4 is 23.7 Å². The van der Waals surface area contributed by atoms with Gasteiger partial charge in [0.15, 0.2) is 0 Å². The SMILES string of the molecule is COC(=O)C1=C(O)CC2=C(C(=O)OC2)C1c1ccccc1SCc1ccccc1. The van der Waals surface area contributed by atoms with Crippen molar-refractivity contribution in [3.8, 4) is 0 Å². The lowest BCUT2D eigenvalue weighted by Crippen LogP contribution is -2.24. The minimum absolute atomic E-state index is 0.0678. The van der Waals surface area contributed by atoms with Gasteiger partial charge in [-0.2, -0.15) is 0 Å². The highest BCUT2D eigenvalue weighted by atomic mass is 32.2. The van der Waals surface area contributed by atoms with Crippen LogP contribution >= 0.6 is 11.8 Å². The van der Waals surface area contributed by atoms with E-state index in [1.807, 2.05) is 42.5 Å². The van der Waals surface area contributed by atoms with Crippen LogP contribution in [-0.4, -0.2) is 30.8 Å². The molecule has 1 aliphatic heterocycles. The Morgan fingerprint density at radius 1 is 1.17 bits per heavy atom. The molecule has 1 heterocycles. The van der Waals surface area contributed by atoms with E-state index in [-0.39, 0.29) is 24.4 Å². The molecule has 0 amide bonds. The van der Waals surface area contributed by atoms with Gasteiger partial charge in [0.2, 0.25) is 0 Å². The summed E-state index contributed by atoms with van der Waals surface area (Å²) in [6.07, 6.45) is 0.126. The lowest BCUT2D eigenvalue weighted by Gasteiger charge is -2.26. The minimum Gasteiger partial charge on any atom is -0.511 e. The van der Waals surface area contributed by atoms with Crippen molar-refractivity contribution in [3.05, 3.63) is 88.2 Å². The Hall–Kier alpha value is -2.99. The summed E-state index contributed by atoms with van der Waals surface area (Å²) in [5.41, 5.74) is 3.22. The number of hydrogen-bond acceptors (Lipinski definition) is 6. The largest absolute Gasteiger partial charge is 0.511 e. The summed E-state index contributed by atoms with van der Waals surface area (Å²) in [6.45, 7) is 0.141. The molecule has 1 aliphatic carbocycles. The van der Waals surface area contributed by atoms with Crippen molar-refractivity contribution in [2.75, 3.05) is 13.7 Å². The molecule has 0 aromatic heterocycles. The maximum absolute atomic E-state index is 12.5. The summed E-state index contributed by atoms with van der Waals surface area (Å²) in [4.78, 5) is 26.0. The van der Waals surface area contributed by atoms with Crippen LogP contribution in [0.25, 0.3) is 0 Å². The fraction of sp³-hybridized carbons (Fsp3) is 0.217. The van der Waals surface area contributed by atoms with E-state index in [0.29, 0.717) is 11.1 Å². The lowest BCUT2D eigenvalue weighted by molar-refractivity contribution is -0.136. The standard InChI is InChI=1S/C23H20O5S/c1-27-22(25)21-17(24)11-15-12-28-23(26)19(15)20(21)16-9-5-6-10-18(16)29-13-14-7-3-2-4-8-14/h2-10,20,24H,11-13H2,1H3. The number of cyclic esters (lactones) is 1. The van der Waals surface area contributed by atoms with E-state index in [2.05, 4.69) is 12.1 Å². The van der Waals surface area contributed by atoms with Crippen molar-refractivity contribution in [1.29, 1.82) is 0 Å². The smallest absolute Gasteiger partial charge is 0.338 e. The van der Waals surface area contributed by atoms with Gasteiger partial charge < -0.3 is 14.6 Å². The number of aliphatic hydroxyl groups excluding tert-OH is 1. The Kier molecular flexibility index (Phi) is 5.45. The average Bonchev–Trinajstić information content (AvgIpc) is 3.12. The first kappa shape index (κ1) is 19.3. The molecule has 4 rings (SSSR count). The van der Waals surface area contributed by atoms with Gasteiger partial charge in [0.05, 0.1) is 24.2 Å². The molecule has 0 fully saturated rings. The zero-order chi connectivity index (χ0) is 20.4. The monoisotopic (exact) mass is 408 g/mol. The number of aliphatic hydroxyl groups is 1. The number of benzene rings is 2. The van der Waals surface area contributed by atoms with Crippen LogP contribution < -0.4 is 0 Å². The third-order valence-corrected chi connectivity index (χ3v) is 6.28. The van der Waals surface area contributed by atoms with Crippen molar-refractivity contribution in [1.82, 2.24) is 0 Å². The first-order valence-electron chi connectivity index (χ1n) is 9.25. The van der Waals surface area contributed by atoms with Crippen LogP contribution in [0.5, 0.6) is 0 Å². The quantitative estimate of drug-likeness (QED) is 0.587. The van der Waals surface area contributed by atoms with Crippen LogP contribution in [0.3, 0.4) is 0 Å². The number of esters is 2. The summed E-state index contributed by atoms with van der Waals surface area (Å²) in [5, 5.41) is 10.6. The van der Waals surface area contributed by atoms with Gasteiger partial charge in [0.1, 0.15) is 12.4 Å². The summed E-state index contributed by atoms with van der Waals surface area (Å²) >= 11 is 1.62. The number of thioether (sulfide) groups is 1. The van der Waals surface area contributed by atoms with E-state index in [1.165, 1.54) is 12.7 Å². The molecule has 0 saturated carbocycles. The summed E-state index contributed by atoms with van der Waals surface area (Å²) in [6, 6.07) is 17.7. The van der Waals surface area contributed by atoms with Gasteiger partial charge in [-0.1, -0.05) is 48.5 Å². The Morgan fingerprint density at radius 2 is 1.90 bits per heavy atom. The van der Waals surface area contributed by atoms with Crippen molar-refractivity contribution in [2.24, 2.45) is 0 Å². The fourth-order valence-electron chi connectivity index (χ4n) is 3.77. The van der Waals surface area contributed by atoms with Crippen LogP contribution in [0.4, 0.5) is 0 Å². The molecule has 2 aromatic carbocycles. The summed E-state index contributed by atoms with van der Waals surface area (Å²) in [5.74, 6) is -1.12. The highest BCUT2D eigenvalue weighted by Gasteiger charge is 2.43. The molecule has 148 valence electrons. The second-order valence-corrected chi connectivity index (χ2v) is 7.88. The van der Waals surface area contributed by atoms with Gasteiger partial charge >= 0.3 is 11.9 Å². The van der Waals surface area contributed by atoms with E-state index in [4.69, 9.17) is 9.47 Å². The van der Waals surface area contributed by atoms with E-state index in [9.17, 15) is 14.7 Å². The number of hydrogen-bond donors (Lipinski definition) is 1. The second-order valence-electron chi connectivity index (χ2n) is 6.87. The Labute approximate surface area is 173 Å². The lowest BCUT2D eigenvalue weighted by atomic mass is 9.77. The molecule has 0 spiro atoms. The molecule has 5 nitrogen and oxygen atoms in total. The van der Waals surface area contributed by atoms with Crippen LogP contribution in [0.1, 0.15) is 23.5 Å². The third-order valence-electron chi connectivity index (χ3n) is 5.12. The van der Waals surface area contributed by atoms with Crippen molar-refractivity contribution < 1.29 is 24.2 Å². The number of methoxy groups -OCH3 is 1. The normalized spacial score (nSPS) is 18.5. The molecule has 1 N–H and O–H groups in total. The van der Waals surface area contributed by atoms with Gasteiger partial charge in [0, 0.05) is 17.1 Å². The molecule has 1 atom stereocenters. The molecule has 2 aromatic rings. The second kappa shape index (κ2) is 8.17. The molecule has 0 saturated heterocycles. The number of rotatable bonds is 5. The van der Waals surface area contributed by atoms with Crippen molar-refractivity contribution in [2.45, 2.75) is 23.0 Å². The van der Waals surface area contributed by atoms with Crippen LogP contribution in [0.15, 0.2) is 82.0 Å². The van der Waals surface area contributed by atoms with Gasteiger partial charge in [-0.3, -0.25) is 0 Å². The molecule has 2 aliphatic rings. The van der Waals surface area contributed by atoms with Crippen LogP contribution in [-0.2, 0) is 24.8 Å². The summed E-state index contributed by atoms with van der Waals surface area (Å²) < 4.78 is 10.1. The predicted octanol–water partition coefficient (Wildman–Crippen LogP) is 4.30. The Morgan fingerprint density at radius 3 is 2.66 bits per heavy atom. The minimum atomic E-state index is -0.708. The van der Waals surface area contributed by atoms with E-state index in [0.717, 1.165) is 16.2 Å². The molecule has 1 unspecified atom stereocenters. The molecule has 0 radical (unpaired) electrons. The molecule has 29 heavy (non-hydrogen) atoms. The topological polar surface area (TPSA) is 72.8 Å². The third kappa shape index (κ3) is 3.68. The number of allylic oxidation sites excluding steroid dienone is 1. The van der Waals surface area contributed by atoms with E-state index in [1.54, 1.807) is 11.8 Å². The van der Waals surface area contributed by atoms with Crippen LogP contribution in [0.2, 0.25) is 0 Å². The first-order valence-corrected chi connectivity index (χ1v) is 10.2. The van der Waals surface area contributed by atoms with Gasteiger partial charge in [-0.05, 0) is 22.8 Å². The maximum Gasteiger partial charge on any atom is 0.338 e. The summed E-state index contributed by atoms with van der Waals surface area (Å²) in [7, 11) is 1.27. The Balaban J connectivity index is 1.77. The molecular formula is C23H20O5S. The van der Waals surface area contributed by atoms with Crippen molar-refractivity contribution in [3.63, 3.8) is 0 Å². The zero-order valence-electron chi connectivity index (χ0n) is 15.9. The molecule has 6 heteroatoms. The number of carbonyl (C=O) groups excluding carboxylic acids is 2. The van der Waals surface area contributed by atoms with E-state index < -0.39 is 17.9 Å². The zero-order valence-corrected chi connectivity index (χ0v) is 16.7. The predicted molar refractivity (Wildman–Crippen MR) is 109 cm³/mol. The Bertz CT molecular complexity index is 1020. The van der Waals surface area contributed by atoms with Gasteiger partial charge in [-0.25, -0.2) is 9.59 Å². The fourth-order valence-corrected chi connectivity index (χ4v) is 4.81. The molecule has 0 bridgehead atoms. The first-order chi connectivity index (χ1) is 14.1. The van der Waals surface area contributed by atoms with Gasteiger partial charge in [-0.15, -0.1) is 11.8 Å². The van der Waals surface area contributed by atoms with E-state index >= 15 is 0 Å². The van der Waals surface area contributed by atoms with Crippen LogP contribution in [0, 0.1) is 0 Å². The average molecular weight is 408 g/mol. The van der Waals surface area contributed by atoms with Gasteiger partial charge in [0.25, 0.3) is 0 Å². The number of carbonyl (C=O) groups is 2.